The molecule has 0 bridgehead atoms. The molecule has 1 aromatic heterocycles. The fourth-order valence-corrected chi connectivity index (χ4v) is 3.77. The van der Waals surface area contributed by atoms with Crippen LogP contribution in [0.2, 0.25) is 0 Å². The summed E-state index contributed by atoms with van der Waals surface area (Å²) in [4.78, 5) is 80.3. The Morgan fingerprint density at radius 1 is 0.433 bits per heavy atom. The summed E-state index contributed by atoms with van der Waals surface area (Å²) in [6.07, 6.45) is 0. The lowest BCUT2D eigenvalue weighted by molar-refractivity contribution is 0.100. The van der Waals surface area contributed by atoms with Crippen molar-refractivity contribution in [2.75, 3.05) is 0 Å². The molecule has 2 aromatic carbocycles. The average Bonchev–Trinajstić information content (AvgIpc) is 3.15. The van der Waals surface area contributed by atoms with Gasteiger partial charge >= 0.3 is 0 Å². The lowest BCUT2D eigenvalue weighted by atomic mass is 10.1. The number of benzene rings is 2. The van der Waals surface area contributed by atoms with Gasteiger partial charge in [-0.05, 0) is 0 Å². The Labute approximate surface area is 166 Å². The van der Waals surface area contributed by atoms with Gasteiger partial charge in [-0.3, -0.25) is 28.8 Å². The first kappa shape index (κ1) is 17.6. The van der Waals surface area contributed by atoms with Crippen molar-refractivity contribution in [3.8, 4) is 0 Å². The maximum absolute atomic E-state index is 12.7. The van der Waals surface area contributed by atoms with E-state index in [4.69, 9.17) is 0 Å². The third-order valence-electron chi connectivity index (χ3n) is 5.17. The largest absolute Gasteiger partial charge is 0.315 e. The number of carbonyl (C=O) groups is 4. The zero-order valence-electron chi connectivity index (χ0n) is 15.1. The molecule has 3 aromatic rings. The fraction of sp³-hybridized carbons (Fsp3) is 0. The van der Waals surface area contributed by atoms with Gasteiger partial charge in [0.15, 0.2) is 23.1 Å². The van der Waals surface area contributed by atoms with Gasteiger partial charge in [0.25, 0.3) is 11.1 Å². The minimum absolute atomic E-state index is 0.132. The number of rotatable bonds is 0. The van der Waals surface area contributed by atoms with Crippen LogP contribution >= 0.6 is 0 Å². The van der Waals surface area contributed by atoms with Crippen LogP contribution in [0, 0.1) is 0 Å². The highest BCUT2D eigenvalue weighted by molar-refractivity contribution is 6.56. The minimum atomic E-state index is -0.960. The van der Waals surface area contributed by atoms with E-state index in [2.05, 4.69) is 9.97 Å². The van der Waals surface area contributed by atoms with Crippen molar-refractivity contribution in [1.29, 1.82) is 0 Å². The highest BCUT2D eigenvalue weighted by Gasteiger charge is 2.36. The molecular formula is C22H10N2O6. The number of nitrogens with one attached hydrogen (secondary N) is 2. The quantitative estimate of drug-likeness (QED) is 0.526. The molecule has 5 rings (SSSR count). The first-order chi connectivity index (χ1) is 14.4. The van der Waals surface area contributed by atoms with Crippen LogP contribution in [-0.4, -0.2) is 33.1 Å². The molecule has 0 unspecified atom stereocenters. The van der Waals surface area contributed by atoms with Gasteiger partial charge in [0.05, 0.1) is 11.1 Å². The second-order valence-electron chi connectivity index (χ2n) is 6.82. The van der Waals surface area contributed by atoms with Crippen LogP contribution in [0.25, 0.3) is 11.1 Å². The fourth-order valence-electron chi connectivity index (χ4n) is 3.77. The number of fused-ring (bicyclic) bond motifs is 2. The highest BCUT2D eigenvalue weighted by atomic mass is 16.2. The summed E-state index contributed by atoms with van der Waals surface area (Å²) in [7, 11) is 0. The first-order valence-corrected chi connectivity index (χ1v) is 8.88. The van der Waals surface area contributed by atoms with Crippen LogP contribution in [0.5, 0.6) is 0 Å². The SMILES string of the molecule is O=C1C(=c2[nH]c(=O)c(=C3C(=O)c4ccccc4C3=O)[nH]c2=O)C(=O)c2ccccc21. The van der Waals surface area contributed by atoms with Crippen LogP contribution in [0.15, 0.2) is 58.1 Å². The van der Waals surface area contributed by atoms with Crippen molar-refractivity contribution in [1.82, 2.24) is 9.97 Å². The average molecular weight is 398 g/mol. The standard InChI is InChI=1S/C22H10N2O6/c25-17-9-5-1-2-6-10(9)18(26)13(17)15-21(29)24-16(22(30)23-15)14-19(27)11-7-3-4-8-12(11)20(14)28/h1-8H,(H,23,30)(H,24,29). The van der Waals surface area contributed by atoms with Crippen molar-refractivity contribution in [3.05, 3.63) is 102 Å². The van der Waals surface area contributed by atoms with Crippen molar-refractivity contribution in [2.24, 2.45) is 0 Å². The normalized spacial score (nSPS) is 15.1. The summed E-state index contributed by atoms with van der Waals surface area (Å²) in [6, 6.07) is 12.1. The predicted molar refractivity (Wildman–Crippen MR) is 104 cm³/mol. The molecule has 0 spiro atoms. The number of hydrogen-bond acceptors (Lipinski definition) is 6. The van der Waals surface area contributed by atoms with Crippen LogP contribution in [0.3, 0.4) is 0 Å². The molecule has 8 nitrogen and oxygen atoms in total. The second-order valence-corrected chi connectivity index (χ2v) is 6.82. The van der Waals surface area contributed by atoms with Gasteiger partial charge in [0.2, 0.25) is 0 Å². The third-order valence-corrected chi connectivity index (χ3v) is 5.17. The molecular weight excluding hydrogens is 388 g/mol. The van der Waals surface area contributed by atoms with Crippen molar-refractivity contribution < 1.29 is 19.2 Å². The van der Waals surface area contributed by atoms with E-state index in [1.165, 1.54) is 24.3 Å². The van der Waals surface area contributed by atoms with E-state index in [0.717, 1.165) is 0 Å². The number of Topliss-reactive ketones (excluding diaryl/α,β-unsaturated/α-hetero) is 4. The number of aromatic nitrogens is 2. The van der Waals surface area contributed by atoms with Crippen LogP contribution in [0.1, 0.15) is 41.4 Å². The number of carbonyl (C=O) groups excluding carboxylic acids is 4. The van der Waals surface area contributed by atoms with Gasteiger partial charge in [-0.1, -0.05) is 48.5 Å². The number of aromatic amines is 2. The van der Waals surface area contributed by atoms with Gasteiger partial charge in [-0.25, -0.2) is 0 Å². The second kappa shape index (κ2) is 6.02. The summed E-state index contributed by atoms with van der Waals surface area (Å²) in [5, 5.41) is -1.02. The Morgan fingerprint density at radius 2 is 0.700 bits per heavy atom. The Hall–Kier alpha value is -4.46. The van der Waals surface area contributed by atoms with E-state index < -0.39 is 56.1 Å². The van der Waals surface area contributed by atoms with E-state index in [9.17, 15) is 28.8 Å². The molecule has 0 amide bonds. The summed E-state index contributed by atoms with van der Waals surface area (Å²) in [6.45, 7) is 0. The Morgan fingerprint density at radius 3 is 0.967 bits per heavy atom. The van der Waals surface area contributed by atoms with Crippen LogP contribution < -0.4 is 21.8 Å². The summed E-state index contributed by atoms with van der Waals surface area (Å²) < 4.78 is 0. The molecule has 0 fully saturated rings. The van der Waals surface area contributed by atoms with E-state index in [1.54, 1.807) is 24.3 Å². The van der Waals surface area contributed by atoms with Gasteiger partial charge in [0.1, 0.15) is 10.7 Å². The summed E-state index contributed by atoms with van der Waals surface area (Å²) in [5.74, 6) is -2.73. The Bertz CT molecular complexity index is 1410. The van der Waals surface area contributed by atoms with Gasteiger partial charge in [-0.15, -0.1) is 0 Å². The third kappa shape index (κ3) is 2.21. The molecule has 0 aliphatic heterocycles. The molecule has 0 saturated carbocycles. The maximum Gasteiger partial charge on any atom is 0.273 e. The molecule has 2 N–H and O–H groups in total. The zero-order chi connectivity index (χ0) is 21.2. The van der Waals surface area contributed by atoms with Crippen molar-refractivity contribution in [3.63, 3.8) is 0 Å². The predicted octanol–water partition coefficient (Wildman–Crippen LogP) is -0.477. The Balaban J connectivity index is 1.81. The molecule has 0 saturated heterocycles. The van der Waals surface area contributed by atoms with Gasteiger partial charge in [-0.2, -0.15) is 0 Å². The smallest absolute Gasteiger partial charge is 0.273 e. The Kier molecular flexibility index (Phi) is 3.54. The molecule has 1 heterocycles. The molecule has 8 heteroatoms. The van der Waals surface area contributed by atoms with E-state index in [-0.39, 0.29) is 22.3 Å². The van der Waals surface area contributed by atoms with Crippen LogP contribution in [-0.2, 0) is 0 Å². The van der Waals surface area contributed by atoms with E-state index in [1.807, 2.05) is 0 Å². The number of H-pyrrole nitrogens is 2. The van der Waals surface area contributed by atoms with E-state index >= 15 is 0 Å². The molecule has 0 radical (unpaired) electrons. The molecule has 2 aliphatic rings. The maximum atomic E-state index is 12.7. The summed E-state index contributed by atoms with van der Waals surface area (Å²) >= 11 is 0. The zero-order valence-corrected chi connectivity index (χ0v) is 15.1. The van der Waals surface area contributed by atoms with Gasteiger partial charge in [0, 0.05) is 22.3 Å². The van der Waals surface area contributed by atoms with Crippen molar-refractivity contribution >= 4 is 34.3 Å². The summed E-state index contributed by atoms with van der Waals surface area (Å²) in [5.41, 5.74) is -2.31. The topological polar surface area (TPSA) is 134 Å². The molecule has 144 valence electrons. The lowest BCUT2D eigenvalue weighted by Crippen LogP contribution is -2.50. The minimum Gasteiger partial charge on any atom is -0.315 e. The van der Waals surface area contributed by atoms with Gasteiger partial charge < -0.3 is 9.97 Å². The van der Waals surface area contributed by atoms with Crippen LogP contribution in [0.4, 0.5) is 0 Å². The highest BCUT2D eigenvalue weighted by Crippen LogP contribution is 2.26. The molecule has 0 atom stereocenters. The monoisotopic (exact) mass is 398 g/mol. The molecule has 2 aliphatic carbocycles. The molecule has 30 heavy (non-hydrogen) atoms. The van der Waals surface area contributed by atoms with E-state index in [0.29, 0.717) is 0 Å². The van der Waals surface area contributed by atoms with Crippen molar-refractivity contribution in [2.45, 2.75) is 0 Å². The number of ketones is 4. The first-order valence-electron chi connectivity index (χ1n) is 8.88. The lowest BCUT2D eigenvalue weighted by Gasteiger charge is -1.97. The number of hydrogen-bond donors (Lipinski definition) is 2.